The number of fused-ring (bicyclic) bond motifs is 2. The summed E-state index contributed by atoms with van der Waals surface area (Å²) in [5, 5.41) is 2.25. The number of nitrogens with zero attached hydrogens (tertiary/aromatic N) is 2. The fraction of sp³-hybridized carbons (Fsp3) is 0.333. The Balaban J connectivity index is 1.39. The standard InChI is InChI=1S/C24H23FN2S/c25-19-6-3-5-16(12-19)18-8-9-20(26-14-18)10-11-22-21-7-2-1-4-17(21)13-24-23(22)15-28-27-24/h3,5-6,8-12,14-15,17,21-22H,1-2,4,7,13H2/b11-10+/t17-,21?,22-/m0/s1. The van der Waals surface area contributed by atoms with E-state index in [9.17, 15) is 4.39 Å². The van der Waals surface area contributed by atoms with Crippen molar-refractivity contribution < 1.29 is 4.39 Å². The first kappa shape index (κ1) is 17.7. The third-order valence-electron chi connectivity index (χ3n) is 6.34. The topological polar surface area (TPSA) is 25.8 Å². The van der Waals surface area contributed by atoms with Gasteiger partial charge in [-0.2, -0.15) is 4.37 Å². The Morgan fingerprint density at radius 3 is 2.86 bits per heavy atom. The van der Waals surface area contributed by atoms with Gasteiger partial charge >= 0.3 is 0 Å². The Kier molecular flexibility index (Phi) is 4.81. The zero-order valence-corrected chi connectivity index (χ0v) is 16.5. The average molecular weight is 391 g/mol. The first-order valence-corrected chi connectivity index (χ1v) is 10.9. The highest BCUT2D eigenvalue weighted by Crippen LogP contribution is 2.47. The third kappa shape index (κ3) is 3.42. The van der Waals surface area contributed by atoms with Gasteiger partial charge in [0.1, 0.15) is 5.82 Å². The van der Waals surface area contributed by atoms with Crippen LogP contribution in [0.2, 0.25) is 0 Å². The van der Waals surface area contributed by atoms with Crippen LogP contribution >= 0.6 is 11.5 Å². The van der Waals surface area contributed by atoms with Crippen LogP contribution in [0.25, 0.3) is 17.2 Å². The van der Waals surface area contributed by atoms with Crippen molar-refractivity contribution in [1.29, 1.82) is 0 Å². The number of pyridine rings is 1. The second-order valence-electron chi connectivity index (χ2n) is 8.00. The summed E-state index contributed by atoms with van der Waals surface area (Å²) in [5.41, 5.74) is 5.49. The normalized spacial score (nSPS) is 24.1. The van der Waals surface area contributed by atoms with Gasteiger partial charge in [-0.25, -0.2) is 4.39 Å². The number of hydrogen-bond donors (Lipinski definition) is 0. The number of hydrogen-bond acceptors (Lipinski definition) is 3. The van der Waals surface area contributed by atoms with E-state index < -0.39 is 0 Å². The lowest BCUT2D eigenvalue weighted by Gasteiger charge is -2.39. The summed E-state index contributed by atoms with van der Waals surface area (Å²) < 4.78 is 18.1. The molecule has 1 unspecified atom stereocenters. The molecule has 2 aliphatic carbocycles. The van der Waals surface area contributed by atoms with E-state index in [1.54, 1.807) is 23.7 Å². The summed E-state index contributed by atoms with van der Waals surface area (Å²) in [6, 6.07) is 10.7. The summed E-state index contributed by atoms with van der Waals surface area (Å²) >= 11 is 1.60. The summed E-state index contributed by atoms with van der Waals surface area (Å²) in [5.74, 6) is 1.75. The smallest absolute Gasteiger partial charge is 0.123 e. The van der Waals surface area contributed by atoms with Crippen molar-refractivity contribution in [1.82, 2.24) is 9.36 Å². The molecule has 1 saturated carbocycles. The summed E-state index contributed by atoms with van der Waals surface area (Å²) in [4.78, 5) is 4.59. The van der Waals surface area contributed by atoms with E-state index in [0.29, 0.717) is 5.92 Å². The van der Waals surface area contributed by atoms with Gasteiger partial charge in [0.2, 0.25) is 0 Å². The lowest BCUT2D eigenvalue weighted by Crippen LogP contribution is -2.31. The van der Waals surface area contributed by atoms with Gasteiger partial charge in [0.15, 0.2) is 0 Å². The minimum atomic E-state index is -0.221. The van der Waals surface area contributed by atoms with E-state index in [1.807, 2.05) is 24.4 Å². The van der Waals surface area contributed by atoms with E-state index in [0.717, 1.165) is 35.1 Å². The molecule has 2 heterocycles. The van der Waals surface area contributed by atoms with Crippen LogP contribution in [0.15, 0.2) is 54.1 Å². The minimum absolute atomic E-state index is 0.221. The van der Waals surface area contributed by atoms with Crippen LogP contribution in [0.1, 0.15) is 48.6 Å². The monoisotopic (exact) mass is 390 g/mol. The largest absolute Gasteiger partial charge is 0.256 e. The van der Waals surface area contributed by atoms with Gasteiger partial charge in [-0.05, 0) is 78.0 Å². The third-order valence-corrected chi connectivity index (χ3v) is 7.02. The molecule has 0 aliphatic heterocycles. The maximum atomic E-state index is 13.5. The van der Waals surface area contributed by atoms with Gasteiger partial charge in [-0.1, -0.05) is 37.1 Å². The van der Waals surface area contributed by atoms with Gasteiger partial charge in [0.25, 0.3) is 0 Å². The van der Waals surface area contributed by atoms with Crippen molar-refractivity contribution in [2.75, 3.05) is 0 Å². The Morgan fingerprint density at radius 2 is 2.00 bits per heavy atom. The molecule has 5 rings (SSSR count). The van der Waals surface area contributed by atoms with Crippen LogP contribution < -0.4 is 0 Å². The second-order valence-corrected chi connectivity index (χ2v) is 8.63. The highest BCUT2D eigenvalue weighted by atomic mass is 32.1. The molecule has 2 aliphatic rings. The number of benzene rings is 1. The molecule has 0 bridgehead atoms. The number of allylic oxidation sites excluding steroid dienone is 1. The molecule has 142 valence electrons. The van der Waals surface area contributed by atoms with Crippen molar-refractivity contribution in [3.63, 3.8) is 0 Å². The Bertz CT molecular complexity index is 992. The van der Waals surface area contributed by atoms with Gasteiger partial charge < -0.3 is 0 Å². The predicted molar refractivity (Wildman–Crippen MR) is 113 cm³/mol. The van der Waals surface area contributed by atoms with E-state index in [1.165, 1.54) is 43.0 Å². The maximum Gasteiger partial charge on any atom is 0.123 e. The van der Waals surface area contributed by atoms with Crippen molar-refractivity contribution in [3.8, 4) is 11.1 Å². The Hall–Kier alpha value is -2.33. The molecule has 3 aromatic rings. The Morgan fingerprint density at radius 1 is 1.07 bits per heavy atom. The summed E-state index contributed by atoms with van der Waals surface area (Å²) in [6.45, 7) is 0. The molecule has 4 heteroatoms. The lowest BCUT2D eigenvalue weighted by atomic mass is 9.65. The minimum Gasteiger partial charge on any atom is -0.256 e. The zero-order chi connectivity index (χ0) is 18.9. The van der Waals surface area contributed by atoms with E-state index >= 15 is 0 Å². The molecule has 28 heavy (non-hydrogen) atoms. The van der Waals surface area contributed by atoms with Crippen LogP contribution in [0.3, 0.4) is 0 Å². The molecule has 0 saturated heterocycles. The SMILES string of the molecule is Fc1cccc(-c2ccc(/C=C/[C@@H]3c4csnc4C[C@@H]4CCCCC43)nc2)c1. The Labute approximate surface area is 169 Å². The average Bonchev–Trinajstić information content (AvgIpc) is 3.20. The van der Waals surface area contributed by atoms with E-state index in [4.69, 9.17) is 0 Å². The van der Waals surface area contributed by atoms with Crippen LogP contribution in [0, 0.1) is 17.7 Å². The van der Waals surface area contributed by atoms with Crippen LogP contribution in [0.4, 0.5) is 4.39 Å². The fourth-order valence-electron chi connectivity index (χ4n) is 4.93. The zero-order valence-electron chi connectivity index (χ0n) is 15.7. The number of halogens is 1. The molecule has 1 fully saturated rings. The highest BCUT2D eigenvalue weighted by Gasteiger charge is 2.37. The quantitative estimate of drug-likeness (QED) is 0.510. The first-order chi connectivity index (χ1) is 13.8. The molecule has 2 nitrogen and oxygen atoms in total. The van der Waals surface area contributed by atoms with Gasteiger partial charge in [0.05, 0.1) is 11.4 Å². The number of aromatic nitrogens is 2. The highest BCUT2D eigenvalue weighted by molar-refractivity contribution is 7.03. The van der Waals surface area contributed by atoms with E-state index in [-0.39, 0.29) is 5.82 Å². The molecular weight excluding hydrogens is 367 g/mol. The number of rotatable bonds is 3. The summed E-state index contributed by atoms with van der Waals surface area (Å²) in [7, 11) is 0. The summed E-state index contributed by atoms with van der Waals surface area (Å²) in [6.07, 6.45) is 12.9. The van der Waals surface area contributed by atoms with E-state index in [2.05, 4.69) is 26.9 Å². The predicted octanol–water partition coefficient (Wildman–Crippen LogP) is 6.50. The van der Waals surface area contributed by atoms with Crippen molar-refractivity contribution in [3.05, 3.63) is 76.8 Å². The first-order valence-electron chi connectivity index (χ1n) is 10.1. The van der Waals surface area contributed by atoms with Crippen LogP contribution in [-0.4, -0.2) is 9.36 Å². The lowest BCUT2D eigenvalue weighted by molar-refractivity contribution is 0.202. The molecule has 0 spiro atoms. The van der Waals surface area contributed by atoms with Crippen LogP contribution in [0.5, 0.6) is 0 Å². The molecule has 0 N–H and O–H groups in total. The van der Waals surface area contributed by atoms with Crippen LogP contribution in [-0.2, 0) is 6.42 Å². The molecule has 1 aromatic carbocycles. The molecule has 0 amide bonds. The fourth-order valence-corrected chi connectivity index (χ4v) is 5.69. The van der Waals surface area contributed by atoms with Gasteiger partial charge in [-0.15, -0.1) is 0 Å². The van der Waals surface area contributed by atoms with Crippen molar-refractivity contribution in [2.45, 2.75) is 38.0 Å². The molecule has 0 radical (unpaired) electrons. The van der Waals surface area contributed by atoms with Gasteiger partial charge in [-0.3, -0.25) is 4.98 Å². The van der Waals surface area contributed by atoms with Crippen molar-refractivity contribution >= 4 is 17.6 Å². The maximum absolute atomic E-state index is 13.5. The van der Waals surface area contributed by atoms with Crippen molar-refractivity contribution in [2.24, 2.45) is 11.8 Å². The second kappa shape index (κ2) is 7.59. The molecule has 2 aromatic heterocycles. The molecule has 3 atom stereocenters. The van der Waals surface area contributed by atoms with Gasteiger partial charge in [0, 0.05) is 23.1 Å². The molecular formula is C24H23FN2S.